The van der Waals surface area contributed by atoms with E-state index in [-0.39, 0.29) is 5.78 Å². The second kappa shape index (κ2) is 7.98. The number of aryl methyl sites for hydroxylation is 1. The molecule has 0 saturated carbocycles. The quantitative estimate of drug-likeness (QED) is 0.651. The number of Topliss-reactive ketones (excluding diaryl/α,β-unsaturated/α-hetero) is 1. The van der Waals surface area contributed by atoms with E-state index in [2.05, 4.69) is 0 Å². The van der Waals surface area contributed by atoms with Crippen LogP contribution in [0, 0.1) is 0 Å². The molecule has 0 N–H and O–H groups in total. The van der Waals surface area contributed by atoms with Crippen LogP contribution >= 0.6 is 0 Å². The van der Waals surface area contributed by atoms with Crippen molar-refractivity contribution in [3.8, 4) is 0 Å². The van der Waals surface area contributed by atoms with Crippen LogP contribution in [0.4, 0.5) is 0 Å². The van der Waals surface area contributed by atoms with Gasteiger partial charge in [0, 0.05) is 19.6 Å². The molecule has 0 radical (unpaired) electrons. The highest BCUT2D eigenvalue weighted by molar-refractivity contribution is 5.82. The topological polar surface area (TPSA) is 35.5 Å². The van der Waals surface area contributed by atoms with Gasteiger partial charge in [0.2, 0.25) is 6.29 Å². The first-order chi connectivity index (χ1) is 8.27. The fourth-order valence-corrected chi connectivity index (χ4v) is 1.57. The Labute approximate surface area is 103 Å². The predicted molar refractivity (Wildman–Crippen MR) is 66.8 cm³/mol. The Bertz CT molecular complexity index is 315. The van der Waals surface area contributed by atoms with Gasteiger partial charge in [-0.2, -0.15) is 0 Å². The third-order valence-electron chi connectivity index (χ3n) is 2.40. The van der Waals surface area contributed by atoms with Crippen LogP contribution in [-0.2, 0) is 20.7 Å². The summed E-state index contributed by atoms with van der Waals surface area (Å²) in [5.74, 6) is 0.0116. The molecule has 1 rings (SSSR count). The maximum Gasteiger partial charge on any atom is 0.217 e. The van der Waals surface area contributed by atoms with Gasteiger partial charge in [-0.25, -0.2) is 0 Å². The minimum Gasteiger partial charge on any atom is -0.346 e. The molecule has 0 aliphatic heterocycles. The largest absolute Gasteiger partial charge is 0.346 e. The smallest absolute Gasteiger partial charge is 0.217 e. The van der Waals surface area contributed by atoms with Crippen molar-refractivity contribution >= 4 is 5.78 Å². The number of ketones is 1. The lowest BCUT2D eigenvalue weighted by atomic mass is 10.1. The normalized spacial score (nSPS) is 10.8. The van der Waals surface area contributed by atoms with E-state index in [1.54, 1.807) is 0 Å². The van der Waals surface area contributed by atoms with Crippen LogP contribution in [0.25, 0.3) is 0 Å². The number of benzene rings is 1. The summed E-state index contributed by atoms with van der Waals surface area (Å²) in [7, 11) is 0. The molecule has 0 fully saturated rings. The first-order valence-electron chi connectivity index (χ1n) is 6.07. The van der Waals surface area contributed by atoms with E-state index >= 15 is 0 Å². The van der Waals surface area contributed by atoms with Crippen LogP contribution in [0.2, 0.25) is 0 Å². The number of carbonyl (C=O) groups excluding carboxylic acids is 1. The lowest BCUT2D eigenvalue weighted by Crippen LogP contribution is -2.27. The maximum atomic E-state index is 11.8. The van der Waals surface area contributed by atoms with Crippen LogP contribution in [0.1, 0.15) is 25.8 Å². The molecule has 0 bridgehead atoms. The summed E-state index contributed by atoms with van der Waals surface area (Å²) in [5.41, 5.74) is 1.16. The van der Waals surface area contributed by atoms with E-state index in [1.807, 2.05) is 44.2 Å². The Hall–Kier alpha value is -1.19. The fourth-order valence-electron chi connectivity index (χ4n) is 1.57. The van der Waals surface area contributed by atoms with E-state index < -0.39 is 6.29 Å². The molecular weight excluding hydrogens is 216 g/mol. The summed E-state index contributed by atoms with van der Waals surface area (Å²) in [6.45, 7) is 4.69. The van der Waals surface area contributed by atoms with Crippen molar-refractivity contribution in [1.29, 1.82) is 0 Å². The Morgan fingerprint density at radius 2 is 1.71 bits per heavy atom. The van der Waals surface area contributed by atoms with Gasteiger partial charge in [0.25, 0.3) is 0 Å². The number of hydrogen-bond donors (Lipinski definition) is 0. The number of hydrogen-bond acceptors (Lipinski definition) is 3. The Morgan fingerprint density at radius 3 is 2.24 bits per heavy atom. The predicted octanol–water partition coefficient (Wildman–Crippen LogP) is 2.59. The first-order valence-corrected chi connectivity index (χ1v) is 6.07. The van der Waals surface area contributed by atoms with E-state index in [0.717, 1.165) is 12.0 Å². The van der Waals surface area contributed by atoms with Crippen molar-refractivity contribution in [2.45, 2.75) is 33.0 Å². The molecule has 0 heterocycles. The van der Waals surface area contributed by atoms with Gasteiger partial charge < -0.3 is 9.47 Å². The van der Waals surface area contributed by atoms with Crippen LogP contribution in [0.5, 0.6) is 0 Å². The molecule has 3 nitrogen and oxygen atoms in total. The monoisotopic (exact) mass is 236 g/mol. The van der Waals surface area contributed by atoms with Gasteiger partial charge >= 0.3 is 0 Å². The van der Waals surface area contributed by atoms with Gasteiger partial charge in [-0.1, -0.05) is 30.3 Å². The highest BCUT2D eigenvalue weighted by Crippen LogP contribution is 2.07. The van der Waals surface area contributed by atoms with E-state index in [4.69, 9.17) is 9.47 Å². The van der Waals surface area contributed by atoms with Crippen molar-refractivity contribution < 1.29 is 14.3 Å². The van der Waals surface area contributed by atoms with Gasteiger partial charge in [-0.05, 0) is 25.8 Å². The van der Waals surface area contributed by atoms with Crippen molar-refractivity contribution in [2.75, 3.05) is 13.2 Å². The molecular formula is C14H20O3. The first kappa shape index (κ1) is 13.9. The minimum absolute atomic E-state index is 0.0116. The molecule has 0 aromatic heterocycles. The lowest BCUT2D eigenvalue weighted by molar-refractivity contribution is -0.167. The van der Waals surface area contributed by atoms with Gasteiger partial charge in [0.1, 0.15) is 0 Å². The Morgan fingerprint density at radius 1 is 1.12 bits per heavy atom. The zero-order chi connectivity index (χ0) is 12.5. The molecule has 1 aromatic rings. The lowest BCUT2D eigenvalue weighted by Gasteiger charge is -2.15. The van der Waals surface area contributed by atoms with Crippen molar-refractivity contribution in [3.05, 3.63) is 35.9 Å². The molecule has 94 valence electrons. The molecule has 0 aliphatic rings. The Balaban J connectivity index is 2.41. The summed E-state index contributed by atoms with van der Waals surface area (Å²) < 4.78 is 10.5. The van der Waals surface area contributed by atoms with Gasteiger partial charge in [-0.3, -0.25) is 4.79 Å². The van der Waals surface area contributed by atoms with Crippen LogP contribution in [-0.4, -0.2) is 25.3 Å². The molecule has 0 atom stereocenters. The van der Waals surface area contributed by atoms with Crippen LogP contribution < -0.4 is 0 Å². The molecule has 0 unspecified atom stereocenters. The molecule has 1 aromatic carbocycles. The van der Waals surface area contributed by atoms with Crippen LogP contribution in [0.3, 0.4) is 0 Å². The number of rotatable bonds is 8. The van der Waals surface area contributed by atoms with E-state index in [0.29, 0.717) is 19.6 Å². The molecule has 0 amide bonds. The van der Waals surface area contributed by atoms with Crippen LogP contribution in [0.15, 0.2) is 30.3 Å². The summed E-state index contributed by atoms with van der Waals surface area (Å²) in [6, 6.07) is 9.95. The summed E-state index contributed by atoms with van der Waals surface area (Å²) in [6.07, 6.45) is 0.485. The standard InChI is InChI=1S/C14H20O3/c1-3-16-14(17-4-2)13(15)11-10-12-8-6-5-7-9-12/h5-9,14H,3-4,10-11H2,1-2H3. The highest BCUT2D eigenvalue weighted by Gasteiger charge is 2.17. The van der Waals surface area contributed by atoms with Crippen molar-refractivity contribution in [3.63, 3.8) is 0 Å². The zero-order valence-corrected chi connectivity index (χ0v) is 10.5. The zero-order valence-electron chi connectivity index (χ0n) is 10.5. The third kappa shape index (κ3) is 5.11. The molecule has 3 heteroatoms. The third-order valence-corrected chi connectivity index (χ3v) is 2.40. The second-order valence-corrected chi connectivity index (χ2v) is 3.69. The van der Waals surface area contributed by atoms with E-state index in [9.17, 15) is 4.79 Å². The molecule has 0 saturated heterocycles. The highest BCUT2D eigenvalue weighted by atomic mass is 16.7. The van der Waals surface area contributed by atoms with Gasteiger partial charge in [0.15, 0.2) is 5.78 Å². The summed E-state index contributed by atoms with van der Waals surface area (Å²) >= 11 is 0. The SMILES string of the molecule is CCOC(OCC)C(=O)CCc1ccccc1. The average Bonchev–Trinajstić information content (AvgIpc) is 2.37. The number of ether oxygens (including phenoxy) is 2. The van der Waals surface area contributed by atoms with Gasteiger partial charge in [-0.15, -0.1) is 0 Å². The average molecular weight is 236 g/mol. The Kier molecular flexibility index (Phi) is 6.51. The number of carbonyl (C=O) groups is 1. The van der Waals surface area contributed by atoms with Crippen molar-refractivity contribution in [2.24, 2.45) is 0 Å². The maximum absolute atomic E-state index is 11.8. The van der Waals surface area contributed by atoms with Gasteiger partial charge in [0.05, 0.1) is 0 Å². The summed E-state index contributed by atoms with van der Waals surface area (Å²) in [5, 5.41) is 0. The van der Waals surface area contributed by atoms with Crippen molar-refractivity contribution in [1.82, 2.24) is 0 Å². The second-order valence-electron chi connectivity index (χ2n) is 3.69. The molecule has 0 aliphatic carbocycles. The molecule has 17 heavy (non-hydrogen) atoms. The minimum atomic E-state index is -0.700. The summed E-state index contributed by atoms with van der Waals surface area (Å²) in [4.78, 5) is 11.8. The fraction of sp³-hybridized carbons (Fsp3) is 0.500. The van der Waals surface area contributed by atoms with E-state index in [1.165, 1.54) is 0 Å². The molecule has 0 spiro atoms.